The number of thiophene rings is 1. The van der Waals surface area contributed by atoms with Crippen molar-refractivity contribution in [1.82, 2.24) is 14.8 Å². The molecule has 0 bridgehead atoms. The second-order valence-corrected chi connectivity index (χ2v) is 7.99. The molecule has 11 nitrogen and oxygen atoms in total. The van der Waals surface area contributed by atoms with E-state index in [9.17, 15) is 32.9 Å². The number of halogens is 3. The molecule has 4 aromatic rings. The fourth-order valence-corrected chi connectivity index (χ4v) is 4.23. The number of hydrogen-bond acceptors (Lipinski definition) is 8. The molecule has 34 heavy (non-hydrogen) atoms. The van der Waals surface area contributed by atoms with Gasteiger partial charge in [0, 0.05) is 10.9 Å². The van der Waals surface area contributed by atoms with Gasteiger partial charge in [-0.2, -0.15) is 17.9 Å². The number of primary amides is 1. The van der Waals surface area contributed by atoms with E-state index in [4.69, 9.17) is 10.2 Å². The Morgan fingerprint density at radius 1 is 1.35 bits per heavy atom. The van der Waals surface area contributed by atoms with Crippen LogP contribution in [0, 0.1) is 17.0 Å². The number of furan rings is 1. The molecule has 0 saturated heterocycles. The van der Waals surface area contributed by atoms with Crippen LogP contribution in [-0.2, 0) is 17.5 Å². The molecule has 3 N–H and O–H groups in total. The molecule has 0 spiro atoms. The molecule has 0 aromatic carbocycles. The van der Waals surface area contributed by atoms with Gasteiger partial charge in [-0.15, -0.1) is 11.3 Å². The van der Waals surface area contributed by atoms with Crippen molar-refractivity contribution >= 4 is 44.9 Å². The van der Waals surface area contributed by atoms with Crippen molar-refractivity contribution in [2.75, 3.05) is 5.32 Å². The molecular formula is C19H13F3N6O5S. The number of pyridine rings is 1. The Balaban J connectivity index is 1.83. The first-order valence-corrected chi connectivity index (χ1v) is 10.1. The lowest BCUT2D eigenvalue weighted by molar-refractivity contribution is -0.389. The maximum atomic E-state index is 13.4. The number of nitrogens with one attached hydrogen (secondary N) is 1. The molecule has 176 valence electrons. The predicted octanol–water partition coefficient (Wildman–Crippen LogP) is 3.73. The molecule has 0 atom stereocenters. The van der Waals surface area contributed by atoms with Gasteiger partial charge >= 0.3 is 12.0 Å². The summed E-state index contributed by atoms with van der Waals surface area (Å²) < 4.78 is 46.7. The third-order valence-electron chi connectivity index (χ3n) is 4.68. The van der Waals surface area contributed by atoms with Crippen LogP contribution in [0.15, 0.2) is 34.9 Å². The Bertz CT molecular complexity index is 1440. The third kappa shape index (κ3) is 4.19. The number of carbonyl (C=O) groups excluding carboxylic acids is 2. The number of rotatable bonds is 6. The number of aromatic nitrogens is 3. The number of nitro groups is 1. The number of fused-ring (bicyclic) bond motifs is 1. The first-order valence-electron chi connectivity index (χ1n) is 9.32. The van der Waals surface area contributed by atoms with Gasteiger partial charge in [0.2, 0.25) is 5.91 Å². The van der Waals surface area contributed by atoms with Crippen LogP contribution in [0.4, 0.5) is 24.7 Å². The number of nitrogens with two attached hydrogens (primary N) is 1. The van der Waals surface area contributed by atoms with Crippen molar-refractivity contribution in [2.24, 2.45) is 5.73 Å². The van der Waals surface area contributed by atoms with Gasteiger partial charge in [-0.05, 0) is 30.0 Å². The predicted molar refractivity (Wildman–Crippen MR) is 113 cm³/mol. The Kier molecular flexibility index (Phi) is 5.56. The highest BCUT2D eigenvalue weighted by molar-refractivity contribution is 7.21. The first kappa shape index (κ1) is 22.9. The highest BCUT2D eigenvalue weighted by Gasteiger charge is 2.35. The topological polar surface area (TPSA) is 159 Å². The van der Waals surface area contributed by atoms with E-state index < -0.39 is 41.0 Å². The summed E-state index contributed by atoms with van der Waals surface area (Å²) in [4.78, 5) is 38.2. The minimum Gasteiger partial charge on any atom is -0.464 e. The smallest absolute Gasteiger partial charge is 0.433 e. The van der Waals surface area contributed by atoms with Crippen LogP contribution >= 0.6 is 11.3 Å². The molecule has 0 aliphatic carbocycles. The van der Waals surface area contributed by atoms with Crippen LogP contribution in [0.1, 0.15) is 21.1 Å². The fraction of sp³-hybridized carbons (Fsp3) is 0.158. The second kappa shape index (κ2) is 8.26. The van der Waals surface area contributed by atoms with Crippen molar-refractivity contribution in [3.8, 4) is 11.3 Å². The van der Waals surface area contributed by atoms with E-state index in [2.05, 4.69) is 15.4 Å². The number of carbonyl (C=O) groups is 2. The van der Waals surface area contributed by atoms with Crippen molar-refractivity contribution in [3.63, 3.8) is 0 Å². The second-order valence-electron chi connectivity index (χ2n) is 6.99. The van der Waals surface area contributed by atoms with E-state index in [1.165, 1.54) is 31.4 Å². The molecule has 4 rings (SSSR count). The fourth-order valence-electron chi connectivity index (χ4n) is 3.22. The van der Waals surface area contributed by atoms with Gasteiger partial charge in [0.25, 0.3) is 5.91 Å². The van der Waals surface area contributed by atoms with Crippen LogP contribution in [0.2, 0.25) is 0 Å². The molecule has 0 unspecified atom stereocenters. The average molecular weight is 494 g/mol. The zero-order valence-electron chi connectivity index (χ0n) is 17.0. The highest BCUT2D eigenvalue weighted by Crippen LogP contribution is 2.43. The maximum absolute atomic E-state index is 13.4. The van der Waals surface area contributed by atoms with Crippen molar-refractivity contribution in [3.05, 3.63) is 56.9 Å². The summed E-state index contributed by atoms with van der Waals surface area (Å²) in [5, 5.41) is 17.1. The van der Waals surface area contributed by atoms with Crippen LogP contribution in [0.25, 0.3) is 21.5 Å². The van der Waals surface area contributed by atoms with E-state index in [0.29, 0.717) is 17.0 Å². The molecule has 0 aliphatic heterocycles. The maximum Gasteiger partial charge on any atom is 0.433 e. The quantitative estimate of drug-likeness (QED) is 0.305. The number of anilines is 1. The van der Waals surface area contributed by atoms with Gasteiger partial charge < -0.3 is 25.6 Å². The summed E-state index contributed by atoms with van der Waals surface area (Å²) in [6.07, 6.45) is -3.54. The van der Waals surface area contributed by atoms with Crippen molar-refractivity contribution in [2.45, 2.75) is 19.6 Å². The molecule has 0 radical (unpaired) electrons. The molecule has 4 heterocycles. The largest absolute Gasteiger partial charge is 0.464 e. The first-order chi connectivity index (χ1) is 16.0. The molecule has 0 fully saturated rings. The number of aryl methyl sites for hydroxylation is 1. The third-order valence-corrected chi connectivity index (χ3v) is 5.77. The molecule has 0 saturated carbocycles. The van der Waals surface area contributed by atoms with Gasteiger partial charge in [-0.1, -0.05) is 0 Å². The molecule has 0 aliphatic rings. The lowest BCUT2D eigenvalue weighted by Gasteiger charge is -2.11. The Hall–Kier alpha value is -4.27. The van der Waals surface area contributed by atoms with Crippen molar-refractivity contribution in [1.29, 1.82) is 0 Å². The van der Waals surface area contributed by atoms with Gasteiger partial charge in [0.15, 0.2) is 0 Å². The SMILES string of the molecule is Cc1cc([N+](=O)[O-])nn1CC(=O)Nc1c(C(N)=O)sc2nc(C(F)(F)F)cc(-c3ccco3)c12. The summed E-state index contributed by atoms with van der Waals surface area (Å²) >= 11 is 0.579. The summed E-state index contributed by atoms with van der Waals surface area (Å²) in [5.74, 6) is -2.18. The number of amides is 2. The molecular weight excluding hydrogens is 481 g/mol. The normalized spacial score (nSPS) is 11.6. The number of alkyl halides is 3. The average Bonchev–Trinajstić information content (AvgIpc) is 3.47. The van der Waals surface area contributed by atoms with Crippen LogP contribution < -0.4 is 11.1 Å². The minimum atomic E-state index is -4.79. The lowest BCUT2D eigenvalue weighted by Crippen LogP contribution is -2.22. The monoisotopic (exact) mass is 494 g/mol. The van der Waals surface area contributed by atoms with Gasteiger partial charge in [0.05, 0.1) is 28.8 Å². The Labute approximate surface area is 191 Å². The summed E-state index contributed by atoms with van der Waals surface area (Å²) in [5.41, 5.74) is 4.30. The van der Waals surface area contributed by atoms with Gasteiger partial charge in [0.1, 0.15) is 27.7 Å². The summed E-state index contributed by atoms with van der Waals surface area (Å²) in [7, 11) is 0. The summed E-state index contributed by atoms with van der Waals surface area (Å²) in [6, 6.07) is 4.78. The minimum absolute atomic E-state index is 0.0262. The standard InChI is InChI=1S/C19H13F3N6O5S/c1-8-5-12(28(31)32)26-27(8)7-13(29)25-15-14-9(10-3-2-4-33-10)6-11(19(20,21)22)24-18(14)34-16(15)17(23)30/h2-6H,7H2,1H3,(H2,23,30)(H,25,29). The number of hydrogen-bond donors (Lipinski definition) is 2. The van der Waals surface area contributed by atoms with Crippen LogP contribution in [0.3, 0.4) is 0 Å². The zero-order chi connectivity index (χ0) is 24.8. The van der Waals surface area contributed by atoms with Gasteiger partial charge in [-0.25, -0.2) is 4.98 Å². The van der Waals surface area contributed by atoms with E-state index in [-0.39, 0.29) is 32.1 Å². The Morgan fingerprint density at radius 3 is 2.65 bits per heavy atom. The van der Waals surface area contributed by atoms with Gasteiger partial charge in [-0.3, -0.25) is 9.59 Å². The molecule has 15 heteroatoms. The van der Waals surface area contributed by atoms with E-state index in [0.717, 1.165) is 10.7 Å². The molecule has 4 aromatic heterocycles. The zero-order valence-corrected chi connectivity index (χ0v) is 17.9. The number of nitrogens with zero attached hydrogens (tertiary/aromatic N) is 4. The van der Waals surface area contributed by atoms with E-state index in [1.807, 2.05) is 0 Å². The van der Waals surface area contributed by atoms with E-state index >= 15 is 0 Å². The van der Waals surface area contributed by atoms with Crippen LogP contribution in [-0.4, -0.2) is 31.5 Å². The Morgan fingerprint density at radius 2 is 2.09 bits per heavy atom. The van der Waals surface area contributed by atoms with E-state index in [1.54, 1.807) is 0 Å². The highest BCUT2D eigenvalue weighted by atomic mass is 32.1. The van der Waals surface area contributed by atoms with Crippen molar-refractivity contribution < 1.29 is 32.1 Å². The summed E-state index contributed by atoms with van der Waals surface area (Å²) in [6.45, 7) is 1.03. The molecule has 2 amide bonds. The van der Waals surface area contributed by atoms with Crippen LogP contribution in [0.5, 0.6) is 0 Å². The lowest BCUT2D eigenvalue weighted by atomic mass is 10.1.